The maximum absolute atomic E-state index is 13.6. The number of aromatic nitrogens is 1. The van der Waals surface area contributed by atoms with E-state index in [0.717, 1.165) is 36.1 Å². The molecule has 4 nitrogen and oxygen atoms in total. The number of rotatable bonds is 5. The summed E-state index contributed by atoms with van der Waals surface area (Å²) < 4.78 is 15.4. The first-order valence-electron chi connectivity index (χ1n) is 11.2. The zero-order chi connectivity index (χ0) is 22.8. The lowest BCUT2D eigenvalue weighted by molar-refractivity contribution is 0.0619. The van der Waals surface area contributed by atoms with Crippen LogP contribution < -0.4 is 0 Å². The van der Waals surface area contributed by atoms with E-state index in [9.17, 15) is 9.18 Å². The van der Waals surface area contributed by atoms with Crippen LogP contribution in [0.2, 0.25) is 5.02 Å². The molecule has 4 aromatic rings. The molecule has 0 atom stereocenters. The number of carbonyl (C=O) groups is 1. The molecule has 0 spiro atoms. The summed E-state index contributed by atoms with van der Waals surface area (Å²) in [6, 6.07) is 24.4. The van der Waals surface area contributed by atoms with Gasteiger partial charge in [0, 0.05) is 55.2 Å². The number of nitrogens with zero attached hydrogens (tertiary/aromatic N) is 3. The van der Waals surface area contributed by atoms with Crippen molar-refractivity contribution in [2.45, 2.75) is 13.1 Å². The largest absolute Gasteiger partial charge is 0.335 e. The van der Waals surface area contributed by atoms with Gasteiger partial charge in [0.2, 0.25) is 0 Å². The van der Waals surface area contributed by atoms with Crippen LogP contribution >= 0.6 is 11.6 Å². The van der Waals surface area contributed by atoms with E-state index in [4.69, 9.17) is 11.6 Å². The van der Waals surface area contributed by atoms with Crippen molar-refractivity contribution in [1.29, 1.82) is 0 Å². The molecule has 1 fully saturated rings. The number of halogens is 2. The van der Waals surface area contributed by atoms with Gasteiger partial charge >= 0.3 is 0 Å². The van der Waals surface area contributed by atoms with Crippen molar-refractivity contribution in [3.8, 4) is 0 Å². The molecule has 0 radical (unpaired) electrons. The number of carbonyl (C=O) groups excluding carboxylic acids is 1. The first-order valence-corrected chi connectivity index (χ1v) is 11.5. The summed E-state index contributed by atoms with van der Waals surface area (Å²) in [7, 11) is 0. The molecule has 6 heteroatoms. The van der Waals surface area contributed by atoms with Crippen molar-refractivity contribution < 1.29 is 9.18 Å². The van der Waals surface area contributed by atoms with Gasteiger partial charge < -0.3 is 9.47 Å². The minimum absolute atomic E-state index is 0.0174. The minimum Gasteiger partial charge on any atom is -0.335 e. The Kier molecular flexibility index (Phi) is 6.16. The minimum atomic E-state index is -0.271. The molecule has 3 aromatic carbocycles. The van der Waals surface area contributed by atoms with Gasteiger partial charge in [-0.05, 0) is 47.5 Å². The highest BCUT2D eigenvalue weighted by molar-refractivity contribution is 6.31. The molecule has 5 rings (SSSR count). The molecule has 33 heavy (non-hydrogen) atoms. The van der Waals surface area contributed by atoms with Gasteiger partial charge in [0.15, 0.2) is 0 Å². The van der Waals surface area contributed by atoms with Crippen LogP contribution in [0.25, 0.3) is 10.9 Å². The van der Waals surface area contributed by atoms with Crippen molar-refractivity contribution in [1.82, 2.24) is 14.4 Å². The summed E-state index contributed by atoms with van der Waals surface area (Å²) in [5.74, 6) is -0.253. The summed E-state index contributed by atoms with van der Waals surface area (Å²) in [4.78, 5) is 17.9. The summed E-state index contributed by atoms with van der Waals surface area (Å²) in [6.07, 6.45) is 0. The van der Waals surface area contributed by atoms with E-state index in [1.54, 1.807) is 12.1 Å². The van der Waals surface area contributed by atoms with Gasteiger partial charge in [0.25, 0.3) is 5.91 Å². The summed E-state index contributed by atoms with van der Waals surface area (Å²) in [5.41, 5.74) is 3.79. The fraction of sp³-hybridized carbons (Fsp3) is 0.222. The first-order chi connectivity index (χ1) is 16.1. The molecule has 1 aliphatic heterocycles. The predicted molar refractivity (Wildman–Crippen MR) is 130 cm³/mol. The van der Waals surface area contributed by atoms with Gasteiger partial charge in [-0.2, -0.15) is 0 Å². The topological polar surface area (TPSA) is 28.5 Å². The molecule has 0 N–H and O–H groups in total. The van der Waals surface area contributed by atoms with Crippen LogP contribution in [0.4, 0.5) is 4.39 Å². The number of piperazine rings is 1. The lowest BCUT2D eigenvalue weighted by atomic mass is 10.2. The number of hydrogen-bond donors (Lipinski definition) is 0. The van der Waals surface area contributed by atoms with Gasteiger partial charge in [-0.25, -0.2) is 4.39 Å². The SMILES string of the molecule is O=C(c1cc2cc(Cl)ccc2n1Cc1ccc(F)cc1)N1CCN(Cc2ccccc2)CC1. The maximum Gasteiger partial charge on any atom is 0.270 e. The lowest BCUT2D eigenvalue weighted by Crippen LogP contribution is -2.48. The third kappa shape index (κ3) is 4.80. The average Bonchev–Trinajstić information content (AvgIpc) is 3.18. The Morgan fingerprint density at radius 2 is 1.52 bits per heavy atom. The van der Waals surface area contributed by atoms with Crippen LogP contribution in [0.3, 0.4) is 0 Å². The van der Waals surface area contributed by atoms with E-state index < -0.39 is 0 Å². The van der Waals surface area contributed by atoms with E-state index in [2.05, 4.69) is 29.2 Å². The van der Waals surface area contributed by atoms with Crippen molar-refractivity contribution in [2.75, 3.05) is 26.2 Å². The van der Waals surface area contributed by atoms with Crippen LogP contribution in [0.15, 0.2) is 78.9 Å². The quantitative estimate of drug-likeness (QED) is 0.396. The van der Waals surface area contributed by atoms with E-state index in [1.807, 2.05) is 39.8 Å². The van der Waals surface area contributed by atoms with Gasteiger partial charge in [-0.1, -0.05) is 54.1 Å². The van der Waals surface area contributed by atoms with Crippen molar-refractivity contribution in [3.63, 3.8) is 0 Å². The second kappa shape index (κ2) is 9.38. The fourth-order valence-electron chi connectivity index (χ4n) is 4.47. The molecule has 168 valence electrons. The molecule has 0 bridgehead atoms. The van der Waals surface area contributed by atoms with E-state index in [-0.39, 0.29) is 11.7 Å². The Morgan fingerprint density at radius 3 is 2.24 bits per heavy atom. The standard InChI is InChI=1S/C27H25ClFN3O/c28-23-8-11-25-22(16-23)17-26(32(25)19-21-6-9-24(29)10-7-21)27(33)31-14-12-30(13-15-31)18-20-4-2-1-3-5-20/h1-11,16-17H,12-15,18-19H2. The second-order valence-electron chi connectivity index (χ2n) is 8.50. The van der Waals surface area contributed by atoms with E-state index >= 15 is 0 Å². The highest BCUT2D eigenvalue weighted by atomic mass is 35.5. The summed E-state index contributed by atoms with van der Waals surface area (Å²) in [6.45, 7) is 4.43. The Morgan fingerprint density at radius 1 is 0.818 bits per heavy atom. The first kappa shape index (κ1) is 21.7. The van der Waals surface area contributed by atoms with Gasteiger partial charge in [-0.3, -0.25) is 9.69 Å². The van der Waals surface area contributed by atoms with E-state index in [1.165, 1.54) is 17.7 Å². The highest BCUT2D eigenvalue weighted by Gasteiger charge is 2.25. The van der Waals surface area contributed by atoms with Crippen LogP contribution in [-0.4, -0.2) is 46.5 Å². The van der Waals surface area contributed by atoms with Crippen LogP contribution in [0, 0.1) is 5.82 Å². The van der Waals surface area contributed by atoms with E-state index in [0.29, 0.717) is 30.4 Å². The van der Waals surface area contributed by atoms with Crippen LogP contribution in [0.5, 0.6) is 0 Å². The third-order valence-corrected chi connectivity index (χ3v) is 6.48. The monoisotopic (exact) mass is 461 g/mol. The molecule has 0 unspecified atom stereocenters. The third-order valence-electron chi connectivity index (χ3n) is 6.24. The average molecular weight is 462 g/mol. The molecule has 1 saturated heterocycles. The van der Waals surface area contributed by atoms with Gasteiger partial charge in [0.05, 0.1) is 0 Å². The Balaban J connectivity index is 1.37. The molecule has 2 heterocycles. The number of hydrogen-bond acceptors (Lipinski definition) is 2. The molecular formula is C27H25ClFN3O. The van der Waals surface area contributed by atoms with Gasteiger partial charge in [-0.15, -0.1) is 0 Å². The lowest BCUT2D eigenvalue weighted by Gasteiger charge is -2.35. The molecule has 1 aliphatic rings. The highest BCUT2D eigenvalue weighted by Crippen LogP contribution is 2.26. The van der Waals surface area contributed by atoms with Crippen molar-refractivity contribution >= 4 is 28.4 Å². The zero-order valence-corrected chi connectivity index (χ0v) is 19.0. The number of fused-ring (bicyclic) bond motifs is 1. The van der Waals surface area contributed by atoms with Crippen LogP contribution in [-0.2, 0) is 13.1 Å². The van der Waals surface area contributed by atoms with Crippen molar-refractivity contribution in [3.05, 3.63) is 107 Å². The van der Waals surface area contributed by atoms with Crippen molar-refractivity contribution in [2.24, 2.45) is 0 Å². The number of amides is 1. The smallest absolute Gasteiger partial charge is 0.270 e. The fourth-order valence-corrected chi connectivity index (χ4v) is 4.65. The zero-order valence-electron chi connectivity index (χ0n) is 18.3. The molecule has 0 saturated carbocycles. The molecule has 1 amide bonds. The second-order valence-corrected chi connectivity index (χ2v) is 8.94. The maximum atomic E-state index is 13.6. The predicted octanol–water partition coefficient (Wildman–Crippen LogP) is 5.44. The Labute approximate surface area is 197 Å². The van der Waals surface area contributed by atoms with Crippen LogP contribution in [0.1, 0.15) is 21.6 Å². The molecule has 1 aromatic heterocycles. The molecular weight excluding hydrogens is 437 g/mol. The number of benzene rings is 3. The van der Waals surface area contributed by atoms with Gasteiger partial charge in [0.1, 0.15) is 11.5 Å². The normalized spacial score (nSPS) is 14.7. The Hall–Kier alpha value is -3.15. The summed E-state index contributed by atoms with van der Waals surface area (Å²) >= 11 is 6.22. The summed E-state index contributed by atoms with van der Waals surface area (Å²) in [5, 5.41) is 1.56. The molecule has 0 aliphatic carbocycles. The Bertz CT molecular complexity index is 1260.